The molecule has 8 heteroatoms. The van der Waals surface area contributed by atoms with Gasteiger partial charge in [0.2, 0.25) is 5.89 Å². The van der Waals surface area contributed by atoms with Crippen LogP contribution in [-0.2, 0) is 0 Å². The van der Waals surface area contributed by atoms with Gasteiger partial charge in [0, 0.05) is 11.1 Å². The Balaban J connectivity index is 1.50. The highest BCUT2D eigenvalue weighted by atomic mass is 32.1. The normalized spacial score (nSPS) is 11.1. The van der Waals surface area contributed by atoms with E-state index in [0.717, 1.165) is 11.1 Å². The summed E-state index contributed by atoms with van der Waals surface area (Å²) in [4.78, 5) is 17.3. The van der Waals surface area contributed by atoms with Crippen molar-refractivity contribution in [2.75, 3.05) is 12.4 Å². The van der Waals surface area contributed by atoms with Crippen LogP contribution in [0.1, 0.15) is 49.5 Å². The van der Waals surface area contributed by atoms with Gasteiger partial charge in [-0.05, 0) is 92.1 Å². The molecule has 0 bridgehead atoms. The van der Waals surface area contributed by atoms with E-state index in [9.17, 15) is 4.79 Å². The number of hydrogen-bond donors (Lipinski definition) is 2. The molecule has 36 heavy (non-hydrogen) atoms. The second-order valence-corrected chi connectivity index (χ2v) is 9.32. The molecule has 0 unspecified atom stereocenters. The van der Waals surface area contributed by atoms with Crippen molar-refractivity contribution in [1.29, 1.82) is 0 Å². The quantitative estimate of drug-likeness (QED) is 0.277. The molecular weight excluding hydrogens is 474 g/mol. The number of nitrogens with one attached hydrogen (secondary N) is 2. The molecule has 1 heterocycles. The maximum absolute atomic E-state index is 12.7. The Bertz CT molecular complexity index is 1390. The molecule has 0 saturated heterocycles. The van der Waals surface area contributed by atoms with E-state index in [2.05, 4.69) is 35.5 Å². The number of hydrogen-bond acceptors (Lipinski definition) is 6. The van der Waals surface area contributed by atoms with Gasteiger partial charge in [-0.25, -0.2) is 4.98 Å². The van der Waals surface area contributed by atoms with Crippen LogP contribution in [0.3, 0.4) is 0 Å². The van der Waals surface area contributed by atoms with Gasteiger partial charge in [-0.15, -0.1) is 0 Å². The lowest BCUT2D eigenvalue weighted by molar-refractivity contribution is 0.0977. The minimum absolute atomic E-state index is 0.0551. The molecule has 0 aliphatic heterocycles. The maximum atomic E-state index is 12.7. The Hall–Kier alpha value is -3.91. The van der Waals surface area contributed by atoms with Crippen LogP contribution >= 0.6 is 12.2 Å². The molecule has 2 N–H and O–H groups in total. The van der Waals surface area contributed by atoms with Crippen LogP contribution in [0, 0.1) is 0 Å². The minimum Gasteiger partial charge on any atom is -0.495 e. The molecule has 0 fully saturated rings. The third-order valence-corrected chi connectivity index (χ3v) is 5.69. The Morgan fingerprint density at radius 2 is 1.75 bits per heavy atom. The summed E-state index contributed by atoms with van der Waals surface area (Å²) in [5.74, 6) is 1.80. The van der Waals surface area contributed by atoms with Gasteiger partial charge in [0.1, 0.15) is 17.0 Å². The summed E-state index contributed by atoms with van der Waals surface area (Å²) in [6.45, 7) is 8.17. The predicted molar refractivity (Wildman–Crippen MR) is 146 cm³/mol. The Morgan fingerprint density at radius 3 is 2.42 bits per heavy atom. The number of aromatic nitrogens is 1. The average molecular weight is 504 g/mol. The van der Waals surface area contributed by atoms with Crippen LogP contribution in [0.5, 0.6) is 11.5 Å². The van der Waals surface area contributed by atoms with Gasteiger partial charge in [0.25, 0.3) is 5.91 Å². The van der Waals surface area contributed by atoms with E-state index in [0.29, 0.717) is 40.1 Å². The Morgan fingerprint density at radius 1 is 1.00 bits per heavy atom. The summed E-state index contributed by atoms with van der Waals surface area (Å²) in [7, 11) is 1.56. The van der Waals surface area contributed by atoms with E-state index in [-0.39, 0.29) is 17.1 Å². The molecule has 7 nitrogen and oxygen atoms in total. The number of anilines is 1. The van der Waals surface area contributed by atoms with Crippen molar-refractivity contribution in [2.45, 2.75) is 39.7 Å². The molecule has 0 radical (unpaired) electrons. The van der Waals surface area contributed by atoms with E-state index in [1.165, 1.54) is 5.56 Å². The van der Waals surface area contributed by atoms with E-state index < -0.39 is 0 Å². The lowest BCUT2D eigenvalue weighted by Gasteiger charge is -2.14. The number of methoxy groups -OCH3 is 1. The number of oxazole rings is 1. The van der Waals surface area contributed by atoms with Crippen molar-refractivity contribution in [1.82, 2.24) is 10.3 Å². The third kappa shape index (κ3) is 5.83. The standard InChI is InChI=1S/C28H29N3O4S/c1-16(2)19-8-13-25-23(14-19)29-27(35-25)20-9-12-24(33-5)22(15-20)30-28(36)31-26(32)18-6-10-21(11-7-18)34-17(3)4/h6-17H,1-5H3,(H2,30,31,32,36). The Kier molecular flexibility index (Phi) is 7.55. The van der Waals surface area contributed by atoms with Gasteiger partial charge < -0.3 is 19.2 Å². The summed E-state index contributed by atoms with van der Waals surface area (Å²) < 4.78 is 17.1. The molecule has 0 aliphatic rings. The van der Waals surface area contributed by atoms with Gasteiger partial charge in [0.15, 0.2) is 10.7 Å². The summed E-state index contributed by atoms with van der Waals surface area (Å²) in [5, 5.41) is 5.88. The number of nitrogens with zero attached hydrogens (tertiary/aromatic N) is 1. The van der Waals surface area contributed by atoms with E-state index in [4.69, 9.17) is 26.1 Å². The van der Waals surface area contributed by atoms with Gasteiger partial charge in [-0.1, -0.05) is 19.9 Å². The van der Waals surface area contributed by atoms with Crippen LogP contribution in [0.25, 0.3) is 22.6 Å². The van der Waals surface area contributed by atoms with Crippen LogP contribution in [0.4, 0.5) is 5.69 Å². The number of rotatable bonds is 7. The molecule has 0 spiro atoms. The lowest BCUT2D eigenvalue weighted by Crippen LogP contribution is -2.34. The largest absolute Gasteiger partial charge is 0.495 e. The van der Waals surface area contributed by atoms with Crippen molar-refractivity contribution in [3.63, 3.8) is 0 Å². The molecule has 186 valence electrons. The number of thiocarbonyl (C=S) groups is 1. The fourth-order valence-corrected chi connectivity index (χ4v) is 3.85. The van der Waals surface area contributed by atoms with Crippen molar-refractivity contribution in [2.24, 2.45) is 0 Å². The summed E-state index contributed by atoms with van der Waals surface area (Å²) in [6, 6.07) is 18.4. The molecule has 4 aromatic rings. The topological polar surface area (TPSA) is 85.6 Å². The first-order valence-electron chi connectivity index (χ1n) is 11.7. The zero-order valence-electron chi connectivity index (χ0n) is 20.9. The molecule has 1 amide bonds. The van der Waals surface area contributed by atoms with Gasteiger partial charge in [-0.2, -0.15) is 0 Å². The highest BCUT2D eigenvalue weighted by Gasteiger charge is 2.15. The van der Waals surface area contributed by atoms with Crippen LogP contribution in [0.15, 0.2) is 65.1 Å². The van der Waals surface area contributed by atoms with Gasteiger partial charge >= 0.3 is 0 Å². The van der Waals surface area contributed by atoms with Crippen LogP contribution in [0.2, 0.25) is 0 Å². The fraction of sp³-hybridized carbons (Fsp3) is 0.250. The number of benzene rings is 3. The smallest absolute Gasteiger partial charge is 0.257 e. The lowest BCUT2D eigenvalue weighted by atomic mass is 10.0. The Labute approximate surface area is 215 Å². The van der Waals surface area contributed by atoms with Crippen molar-refractivity contribution in [3.05, 3.63) is 71.8 Å². The molecule has 3 aromatic carbocycles. The number of carbonyl (C=O) groups is 1. The van der Waals surface area contributed by atoms with E-state index >= 15 is 0 Å². The fourth-order valence-electron chi connectivity index (χ4n) is 3.65. The summed E-state index contributed by atoms with van der Waals surface area (Å²) in [6.07, 6.45) is 0.0551. The average Bonchev–Trinajstić information content (AvgIpc) is 3.27. The van der Waals surface area contributed by atoms with Crippen molar-refractivity contribution >= 4 is 40.0 Å². The van der Waals surface area contributed by atoms with E-state index in [1.807, 2.05) is 38.1 Å². The predicted octanol–water partition coefficient (Wildman–Crippen LogP) is 6.54. The zero-order valence-corrected chi connectivity index (χ0v) is 21.7. The highest BCUT2D eigenvalue weighted by Crippen LogP contribution is 2.32. The van der Waals surface area contributed by atoms with Crippen LogP contribution < -0.4 is 20.1 Å². The molecule has 0 atom stereocenters. The molecule has 1 aromatic heterocycles. The second kappa shape index (κ2) is 10.8. The first-order valence-corrected chi connectivity index (χ1v) is 12.1. The molecule has 0 saturated carbocycles. The van der Waals surface area contributed by atoms with Crippen molar-refractivity contribution in [3.8, 4) is 23.0 Å². The minimum atomic E-state index is -0.335. The van der Waals surface area contributed by atoms with Gasteiger partial charge in [0.05, 0.1) is 18.9 Å². The third-order valence-electron chi connectivity index (χ3n) is 5.49. The molecule has 4 rings (SSSR count). The van der Waals surface area contributed by atoms with Gasteiger partial charge in [-0.3, -0.25) is 10.1 Å². The van der Waals surface area contributed by atoms with Crippen molar-refractivity contribution < 1.29 is 18.7 Å². The number of carbonyl (C=O) groups excluding carboxylic acids is 1. The summed E-state index contributed by atoms with van der Waals surface area (Å²) in [5.41, 5.74) is 4.49. The second-order valence-electron chi connectivity index (χ2n) is 8.92. The number of amides is 1. The highest BCUT2D eigenvalue weighted by molar-refractivity contribution is 7.80. The molecular formula is C28H29N3O4S. The summed E-state index contributed by atoms with van der Waals surface area (Å²) >= 11 is 5.39. The SMILES string of the molecule is COc1ccc(-c2nc3cc(C(C)C)ccc3o2)cc1NC(=S)NC(=O)c1ccc(OC(C)C)cc1. The molecule has 0 aliphatic carbocycles. The van der Waals surface area contributed by atoms with E-state index in [1.54, 1.807) is 37.4 Å². The monoisotopic (exact) mass is 503 g/mol. The zero-order chi connectivity index (χ0) is 25.8. The first-order chi connectivity index (χ1) is 17.2. The van der Waals surface area contributed by atoms with Crippen LogP contribution in [-0.4, -0.2) is 29.2 Å². The number of ether oxygens (including phenoxy) is 2. The number of fused-ring (bicyclic) bond motifs is 1. The first kappa shape index (κ1) is 25.2. The maximum Gasteiger partial charge on any atom is 0.257 e.